The van der Waals surface area contributed by atoms with Gasteiger partial charge in [0.1, 0.15) is 11.8 Å². The third-order valence-electron chi connectivity index (χ3n) is 4.39. The van der Waals surface area contributed by atoms with E-state index in [1.807, 2.05) is 54.6 Å². The normalized spacial score (nSPS) is 12.0. The van der Waals surface area contributed by atoms with Gasteiger partial charge in [-0.1, -0.05) is 48.5 Å². The molecule has 0 aliphatic rings. The van der Waals surface area contributed by atoms with Crippen LogP contribution in [0.1, 0.15) is 30.1 Å². The Hall–Kier alpha value is -3.21. The van der Waals surface area contributed by atoms with Crippen LogP contribution >= 0.6 is 0 Å². The molecule has 0 saturated carbocycles. The lowest BCUT2D eigenvalue weighted by molar-refractivity contribution is -0.139. The van der Waals surface area contributed by atoms with E-state index >= 15 is 0 Å². The van der Waals surface area contributed by atoms with Crippen molar-refractivity contribution in [3.8, 4) is 0 Å². The van der Waals surface area contributed by atoms with Crippen LogP contribution in [0.4, 0.5) is 0 Å². The summed E-state index contributed by atoms with van der Waals surface area (Å²) in [6.45, 7) is 1.40. The van der Waals surface area contributed by atoms with Crippen LogP contribution in [0.5, 0.6) is 0 Å². The fourth-order valence-corrected chi connectivity index (χ4v) is 3.09. The summed E-state index contributed by atoms with van der Waals surface area (Å²) in [6.07, 6.45) is 0.173. The van der Waals surface area contributed by atoms with Gasteiger partial charge in [0.05, 0.1) is 5.56 Å². The molecule has 1 atom stereocenters. The summed E-state index contributed by atoms with van der Waals surface area (Å²) in [5.41, 5.74) is 0.452. The maximum Gasteiger partial charge on any atom is 0.326 e. The largest absolute Gasteiger partial charge is 0.480 e. The lowest BCUT2D eigenvalue weighted by Crippen LogP contribution is -2.41. The molecule has 1 amide bonds. The molecule has 0 radical (unpaired) electrons. The van der Waals surface area contributed by atoms with Gasteiger partial charge >= 0.3 is 5.97 Å². The molecule has 2 N–H and O–H groups in total. The minimum absolute atomic E-state index is 0.0686. The molecular weight excluding hydrogens is 330 g/mol. The van der Waals surface area contributed by atoms with Crippen LogP contribution in [0, 0.1) is 0 Å². The first kappa shape index (κ1) is 17.6. The number of carboxylic acids is 1. The highest BCUT2D eigenvalue weighted by molar-refractivity contribution is 6.18. The van der Waals surface area contributed by atoms with Crippen LogP contribution < -0.4 is 5.32 Å². The molecule has 0 saturated heterocycles. The quantitative estimate of drug-likeness (QED) is 0.667. The second-order valence-corrected chi connectivity index (χ2v) is 6.30. The zero-order valence-corrected chi connectivity index (χ0v) is 14.4. The van der Waals surface area contributed by atoms with Gasteiger partial charge in [-0.3, -0.25) is 4.79 Å². The van der Waals surface area contributed by atoms with Crippen LogP contribution in [0.15, 0.2) is 54.6 Å². The molecule has 26 heavy (non-hydrogen) atoms. The van der Waals surface area contributed by atoms with Gasteiger partial charge < -0.3 is 15.2 Å². The number of benzene rings is 3. The molecule has 0 heterocycles. The van der Waals surface area contributed by atoms with Crippen molar-refractivity contribution in [3.05, 3.63) is 60.2 Å². The fraction of sp³-hybridized carbons (Fsp3) is 0.190. The zero-order valence-electron chi connectivity index (χ0n) is 14.4. The predicted molar refractivity (Wildman–Crippen MR) is 100 cm³/mol. The number of fused-ring (bicyclic) bond motifs is 2. The Balaban J connectivity index is 2.05. The molecule has 5 nitrogen and oxygen atoms in total. The Kier molecular flexibility index (Phi) is 4.98. The summed E-state index contributed by atoms with van der Waals surface area (Å²) >= 11 is 0. The van der Waals surface area contributed by atoms with Crippen LogP contribution in [0.3, 0.4) is 0 Å². The summed E-state index contributed by atoms with van der Waals surface area (Å²) in [5, 5.41) is 15.3. The van der Waals surface area contributed by atoms with Crippen molar-refractivity contribution in [1.82, 2.24) is 5.32 Å². The van der Waals surface area contributed by atoms with Crippen LogP contribution in [0.25, 0.3) is 21.5 Å². The molecule has 0 aliphatic carbocycles. The number of hydrogen-bond acceptors (Lipinski definition) is 3. The molecule has 0 aliphatic heterocycles. The minimum Gasteiger partial charge on any atom is -0.480 e. The standard InChI is InChI=1S/C21H19NO4/c1-13(23)10-11-18(21(25)26)22-20(24)19-16-8-4-2-6-14(16)12-15-7-3-5-9-17(15)19/h2-9,12,18H,10-11H2,1H3,(H,22,24)(H,25,26)/t18-/m0/s1. The summed E-state index contributed by atoms with van der Waals surface area (Å²) in [5.74, 6) is -1.71. The summed E-state index contributed by atoms with van der Waals surface area (Å²) < 4.78 is 0. The van der Waals surface area contributed by atoms with Crippen molar-refractivity contribution in [2.75, 3.05) is 0 Å². The first-order valence-electron chi connectivity index (χ1n) is 8.41. The highest BCUT2D eigenvalue weighted by Gasteiger charge is 2.23. The maximum absolute atomic E-state index is 13.0. The number of nitrogens with one attached hydrogen (secondary N) is 1. The lowest BCUT2D eigenvalue weighted by Gasteiger charge is -2.16. The first-order chi connectivity index (χ1) is 12.5. The molecule has 132 valence electrons. The summed E-state index contributed by atoms with van der Waals surface area (Å²) in [6, 6.07) is 15.9. The Morgan fingerprint density at radius 3 is 2.00 bits per heavy atom. The number of rotatable bonds is 6. The molecule has 0 unspecified atom stereocenters. The van der Waals surface area contributed by atoms with E-state index in [1.54, 1.807) is 0 Å². The van der Waals surface area contributed by atoms with Crippen molar-refractivity contribution >= 4 is 39.2 Å². The number of amides is 1. The van der Waals surface area contributed by atoms with Crippen molar-refractivity contribution < 1.29 is 19.5 Å². The van der Waals surface area contributed by atoms with Crippen molar-refractivity contribution in [3.63, 3.8) is 0 Å². The van der Waals surface area contributed by atoms with E-state index in [0.717, 1.165) is 21.5 Å². The van der Waals surface area contributed by atoms with Gasteiger partial charge in [0.2, 0.25) is 0 Å². The number of carboxylic acid groups (broad SMARTS) is 1. The molecule has 0 bridgehead atoms. The smallest absolute Gasteiger partial charge is 0.326 e. The van der Waals surface area contributed by atoms with E-state index in [-0.39, 0.29) is 18.6 Å². The van der Waals surface area contributed by atoms with Crippen LogP contribution in [-0.2, 0) is 9.59 Å². The number of carbonyl (C=O) groups excluding carboxylic acids is 2. The van der Waals surface area contributed by atoms with E-state index in [4.69, 9.17) is 0 Å². The van der Waals surface area contributed by atoms with E-state index in [9.17, 15) is 19.5 Å². The number of hydrogen-bond donors (Lipinski definition) is 2. The van der Waals surface area contributed by atoms with Crippen molar-refractivity contribution in [2.24, 2.45) is 0 Å². The third kappa shape index (κ3) is 3.57. The highest BCUT2D eigenvalue weighted by atomic mass is 16.4. The van der Waals surface area contributed by atoms with Gasteiger partial charge in [-0.25, -0.2) is 4.79 Å². The maximum atomic E-state index is 13.0. The summed E-state index contributed by atoms with van der Waals surface area (Å²) in [4.78, 5) is 35.6. The number of ketones is 1. The topological polar surface area (TPSA) is 83.5 Å². The number of Topliss-reactive ketones (excluding diaryl/α,β-unsaturated/α-hetero) is 1. The second-order valence-electron chi connectivity index (χ2n) is 6.30. The van der Waals surface area contributed by atoms with Gasteiger partial charge in [-0.2, -0.15) is 0 Å². The van der Waals surface area contributed by atoms with Crippen molar-refractivity contribution in [1.29, 1.82) is 0 Å². The average molecular weight is 349 g/mol. The van der Waals surface area contributed by atoms with Crippen LogP contribution in [0.2, 0.25) is 0 Å². The average Bonchev–Trinajstić information content (AvgIpc) is 2.62. The molecule has 3 rings (SSSR count). The molecule has 5 heteroatoms. The predicted octanol–water partition coefficient (Wildman–Crippen LogP) is 3.55. The molecule has 3 aromatic carbocycles. The van der Waals surface area contributed by atoms with Gasteiger partial charge in [0, 0.05) is 6.42 Å². The third-order valence-corrected chi connectivity index (χ3v) is 4.39. The second kappa shape index (κ2) is 7.35. The Labute approximate surface area is 150 Å². The van der Waals surface area contributed by atoms with E-state index in [1.165, 1.54) is 6.92 Å². The van der Waals surface area contributed by atoms with Gasteiger partial charge in [0.25, 0.3) is 5.91 Å². The van der Waals surface area contributed by atoms with Gasteiger partial charge in [0.15, 0.2) is 0 Å². The van der Waals surface area contributed by atoms with E-state index < -0.39 is 17.9 Å². The minimum atomic E-state index is -1.15. The van der Waals surface area contributed by atoms with Crippen molar-refractivity contribution in [2.45, 2.75) is 25.8 Å². The van der Waals surface area contributed by atoms with E-state index in [0.29, 0.717) is 5.56 Å². The Morgan fingerprint density at radius 2 is 1.50 bits per heavy atom. The SMILES string of the molecule is CC(=O)CC[C@H](NC(=O)c1c2ccccc2cc2ccccc12)C(=O)O. The molecule has 0 aromatic heterocycles. The molecular formula is C21H19NO4. The molecule has 3 aromatic rings. The highest BCUT2D eigenvalue weighted by Crippen LogP contribution is 2.28. The van der Waals surface area contributed by atoms with Gasteiger partial charge in [-0.05, 0) is 41.0 Å². The molecule has 0 fully saturated rings. The van der Waals surface area contributed by atoms with E-state index in [2.05, 4.69) is 5.32 Å². The fourth-order valence-electron chi connectivity index (χ4n) is 3.09. The number of carbonyl (C=O) groups is 3. The lowest BCUT2D eigenvalue weighted by atomic mass is 9.96. The Morgan fingerprint density at radius 1 is 0.962 bits per heavy atom. The number of aliphatic carboxylic acids is 1. The van der Waals surface area contributed by atoms with Crippen LogP contribution in [-0.4, -0.2) is 28.8 Å². The summed E-state index contributed by atoms with van der Waals surface area (Å²) in [7, 11) is 0. The monoisotopic (exact) mass is 349 g/mol. The van der Waals surface area contributed by atoms with Gasteiger partial charge in [-0.15, -0.1) is 0 Å². The molecule has 0 spiro atoms. The first-order valence-corrected chi connectivity index (χ1v) is 8.41. The Bertz CT molecular complexity index is 955. The zero-order chi connectivity index (χ0) is 18.7.